The van der Waals surface area contributed by atoms with Crippen molar-refractivity contribution in [2.45, 2.75) is 44.6 Å². The molecule has 1 aliphatic heterocycles. The molecule has 37 heavy (non-hydrogen) atoms. The summed E-state index contributed by atoms with van der Waals surface area (Å²) in [5, 5.41) is 8.00. The number of pyridine rings is 1. The van der Waals surface area contributed by atoms with E-state index in [0.29, 0.717) is 32.2 Å². The van der Waals surface area contributed by atoms with Crippen molar-refractivity contribution in [3.8, 4) is 5.69 Å². The van der Waals surface area contributed by atoms with Gasteiger partial charge in [-0.2, -0.15) is 5.10 Å². The molecule has 6 rings (SSSR count). The lowest BCUT2D eigenvalue weighted by atomic mass is 9.78. The average molecular weight is 502 g/mol. The van der Waals surface area contributed by atoms with E-state index in [1.807, 2.05) is 28.0 Å². The fourth-order valence-corrected chi connectivity index (χ4v) is 6.28. The molecule has 0 saturated carbocycles. The number of benzene rings is 1. The lowest BCUT2D eigenvalue weighted by Crippen LogP contribution is -2.47. The van der Waals surface area contributed by atoms with Gasteiger partial charge in [0, 0.05) is 43.4 Å². The molecule has 3 atom stereocenters. The summed E-state index contributed by atoms with van der Waals surface area (Å²) in [6.07, 6.45) is 9.44. The van der Waals surface area contributed by atoms with Crippen molar-refractivity contribution < 1.29 is 13.9 Å². The average Bonchev–Trinajstić information content (AvgIpc) is 3.55. The predicted molar refractivity (Wildman–Crippen MR) is 138 cm³/mol. The van der Waals surface area contributed by atoms with Crippen molar-refractivity contribution in [2.24, 2.45) is 5.92 Å². The molecule has 1 unspecified atom stereocenters. The Hall–Kier alpha value is -3.52. The normalized spacial score (nSPS) is 21.9. The topological polar surface area (TPSA) is 72.3 Å². The number of rotatable bonds is 5. The van der Waals surface area contributed by atoms with Crippen molar-refractivity contribution in [1.29, 1.82) is 0 Å². The molecule has 2 aliphatic carbocycles. The van der Waals surface area contributed by atoms with Crippen LogP contribution in [0.25, 0.3) is 5.69 Å². The molecule has 0 spiro atoms. The quantitative estimate of drug-likeness (QED) is 0.503. The molecule has 2 aromatic heterocycles. The number of urea groups is 1. The van der Waals surface area contributed by atoms with Crippen LogP contribution in [0, 0.1) is 11.7 Å². The van der Waals surface area contributed by atoms with Crippen LogP contribution in [-0.2, 0) is 11.2 Å². The van der Waals surface area contributed by atoms with Crippen LogP contribution in [-0.4, -0.2) is 52.0 Å². The van der Waals surface area contributed by atoms with Gasteiger partial charge >= 0.3 is 6.03 Å². The van der Waals surface area contributed by atoms with E-state index in [2.05, 4.69) is 28.4 Å². The van der Waals surface area contributed by atoms with Crippen LogP contribution >= 0.6 is 0 Å². The Bertz CT molecular complexity index is 1300. The second-order valence-electron chi connectivity index (χ2n) is 10.3. The molecule has 192 valence electrons. The second-order valence-corrected chi connectivity index (χ2v) is 10.3. The number of allylic oxidation sites excluding steroid dienone is 2. The fraction of sp³-hybridized carbons (Fsp3) is 0.414. The summed E-state index contributed by atoms with van der Waals surface area (Å²) in [4.78, 5) is 19.3. The Kier molecular flexibility index (Phi) is 6.50. The maximum absolute atomic E-state index is 13.5. The SMILES string of the molecule is C[C@@H]1C2=C(CC[C@@H]2CC(NC(=O)N2CCOCC2)c2cccnc2)Cc2c1cnn2-c1ccc(F)cc1. The van der Waals surface area contributed by atoms with Crippen molar-refractivity contribution in [1.82, 2.24) is 25.0 Å². The molecule has 3 aromatic rings. The molecular weight excluding hydrogens is 469 g/mol. The Morgan fingerprint density at radius 1 is 1.19 bits per heavy atom. The monoisotopic (exact) mass is 501 g/mol. The molecule has 8 heteroatoms. The maximum atomic E-state index is 13.5. The number of ether oxygens (including phenoxy) is 1. The summed E-state index contributed by atoms with van der Waals surface area (Å²) < 4.78 is 20.9. The maximum Gasteiger partial charge on any atom is 0.318 e. The molecule has 7 nitrogen and oxygen atoms in total. The molecule has 1 aromatic carbocycles. The molecule has 1 saturated heterocycles. The van der Waals surface area contributed by atoms with Gasteiger partial charge in [0.1, 0.15) is 5.82 Å². The summed E-state index contributed by atoms with van der Waals surface area (Å²) >= 11 is 0. The largest absolute Gasteiger partial charge is 0.378 e. The van der Waals surface area contributed by atoms with Gasteiger partial charge in [-0.3, -0.25) is 4.98 Å². The zero-order chi connectivity index (χ0) is 25.4. The van der Waals surface area contributed by atoms with Crippen LogP contribution < -0.4 is 5.32 Å². The summed E-state index contributed by atoms with van der Waals surface area (Å²) in [5.74, 6) is 0.387. The third-order valence-electron chi connectivity index (χ3n) is 8.13. The molecule has 0 radical (unpaired) electrons. The number of morpholine rings is 1. The smallest absolute Gasteiger partial charge is 0.318 e. The number of carbonyl (C=O) groups is 1. The third-order valence-corrected chi connectivity index (χ3v) is 8.13. The number of fused-ring (bicyclic) bond motifs is 1. The molecule has 3 aliphatic rings. The molecule has 3 heterocycles. The number of carbonyl (C=O) groups excluding carboxylic acids is 1. The first-order valence-electron chi connectivity index (χ1n) is 13.2. The van der Waals surface area contributed by atoms with Crippen LogP contribution in [0.5, 0.6) is 0 Å². The first kappa shape index (κ1) is 23.9. The molecular formula is C29H32FN5O2. The Morgan fingerprint density at radius 3 is 2.76 bits per heavy atom. The lowest BCUT2D eigenvalue weighted by molar-refractivity contribution is 0.0523. The van der Waals surface area contributed by atoms with E-state index in [1.54, 1.807) is 18.3 Å². The number of amides is 2. The van der Waals surface area contributed by atoms with E-state index < -0.39 is 0 Å². The van der Waals surface area contributed by atoms with E-state index in [1.165, 1.54) is 34.5 Å². The van der Waals surface area contributed by atoms with Crippen molar-refractivity contribution >= 4 is 6.03 Å². The summed E-state index contributed by atoms with van der Waals surface area (Å²) in [6, 6.07) is 10.4. The van der Waals surface area contributed by atoms with Crippen molar-refractivity contribution in [2.75, 3.05) is 26.3 Å². The van der Waals surface area contributed by atoms with Crippen LogP contribution in [0.1, 0.15) is 55.0 Å². The third kappa shape index (κ3) is 4.66. The number of hydrogen-bond acceptors (Lipinski definition) is 4. The minimum Gasteiger partial charge on any atom is -0.378 e. The van der Waals surface area contributed by atoms with Crippen LogP contribution in [0.4, 0.5) is 9.18 Å². The van der Waals surface area contributed by atoms with Gasteiger partial charge in [-0.05, 0) is 61.1 Å². The fourth-order valence-electron chi connectivity index (χ4n) is 6.28. The molecule has 0 bridgehead atoms. The Labute approximate surface area is 216 Å². The Morgan fingerprint density at radius 2 is 2.00 bits per heavy atom. The minimum absolute atomic E-state index is 0.0380. The minimum atomic E-state index is -0.245. The van der Waals surface area contributed by atoms with Crippen molar-refractivity contribution in [3.05, 3.63) is 88.8 Å². The number of nitrogens with zero attached hydrogens (tertiary/aromatic N) is 4. The van der Waals surface area contributed by atoms with Gasteiger partial charge < -0.3 is 15.0 Å². The molecule has 2 amide bonds. The summed E-state index contributed by atoms with van der Waals surface area (Å²) in [7, 11) is 0. The molecule has 1 N–H and O–H groups in total. The highest BCUT2D eigenvalue weighted by Crippen LogP contribution is 2.49. The van der Waals surface area contributed by atoms with Gasteiger partial charge in [0.05, 0.1) is 36.8 Å². The van der Waals surface area contributed by atoms with Gasteiger partial charge in [-0.25, -0.2) is 13.9 Å². The predicted octanol–water partition coefficient (Wildman–Crippen LogP) is 4.95. The van der Waals surface area contributed by atoms with E-state index in [9.17, 15) is 9.18 Å². The standard InChI is InChI=1S/C29H32FN5O2/c1-19-25-18-32-35(24-8-6-23(30)7-9-24)27(25)16-21-5-4-20(28(19)21)15-26(22-3-2-10-31-17-22)33-29(36)34-11-13-37-14-12-34/h2-3,6-10,17-20,26H,4-5,11-16H2,1H3,(H,33,36)/t19-,20+,26?/m0/s1. The number of halogens is 1. The Balaban J connectivity index is 1.24. The number of aromatic nitrogens is 3. The first-order valence-corrected chi connectivity index (χ1v) is 13.2. The highest BCUT2D eigenvalue weighted by atomic mass is 19.1. The van der Waals surface area contributed by atoms with Gasteiger partial charge in [0.15, 0.2) is 0 Å². The van der Waals surface area contributed by atoms with Crippen LogP contribution in [0.15, 0.2) is 66.1 Å². The molecule has 1 fully saturated rings. The summed E-state index contributed by atoms with van der Waals surface area (Å²) in [5.41, 5.74) is 7.34. The van der Waals surface area contributed by atoms with E-state index >= 15 is 0 Å². The van der Waals surface area contributed by atoms with Gasteiger partial charge in [-0.1, -0.05) is 24.1 Å². The highest BCUT2D eigenvalue weighted by molar-refractivity contribution is 5.74. The lowest BCUT2D eigenvalue weighted by Gasteiger charge is -2.32. The van der Waals surface area contributed by atoms with E-state index in [4.69, 9.17) is 4.74 Å². The van der Waals surface area contributed by atoms with Crippen LogP contribution in [0.2, 0.25) is 0 Å². The van der Waals surface area contributed by atoms with E-state index in [0.717, 1.165) is 36.9 Å². The van der Waals surface area contributed by atoms with Gasteiger partial charge in [-0.15, -0.1) is 0 Å². The first-order chi connectivity index (χ1) is 18.1. The van der Waals surface area contributed by atoms with E-state index in [-0.39, 0.29) is 23.8 Å². The van der Waals surface area contributed by atoms with Gasteiger partial charge in [0.25, 0.3) is 0 Å². The summed E-state index contributed by atoms with van der Waals surface area (Å²) in [6.45, 7) is 4.66. The second kappa shape index (κ2) is 10.1. The number of nitrogens with one attached hydrogen (secondary N) is 1. The van der Waals surface area contributed by atoms with Crippen LogP contribution in [0.3, 0.4) is 0 Å². The zero-order valence-electron chi connectivity index (χ0n) is 21.1. The van der Waals surface area contributed by atoms with Crippen molar-refractivity contribution in [3.63, 3.8) is 0 Å². The van der Waals surface area contributed by atoms with Gasteiger partial charge in [0.2, 0.25) is 0 Å². The number of hydrogen-bond donors (Lipinski definition) is 1. The highest BCUT2D eigenvalue weighted by Gasteiger charge is 2.37. The zero-order valence-corrected chi connectivity index (χ0v) is 21.1.